The first-order valence-corrected chi connectivity index (χ1v) is 5.67. The standard InChI is InChI=1S/C10H8BrClN4/c1-5-7(11)9(13)16-10(15-5)8-6(12)3-2-4-14-8/h2-4H,1H3,(H2,13,15,16). The van der Waals surface area contributed by atoms with Crippen LogP contribution in [0.3, 0.4) is 0 Å². The molecule has 4 nitrogen and oxygen atoms in total. The molecular formula is C10H8BrClN4. The first-order valence-electron chi connectivity index (χ1n) is 4.50. The molecule has 0 saturated heterocycles. The van der Waals surface area contributed by atoms with Crippen molar-refractivity contribution in [3.63, 3.8) is 0 Å². The summed E-state index contributed by atoms with van der Waals surface area (Å²) < 4.78 is 0.698. The minimum Gasteiger partial charge on any atom is -0.383 e. The average Bonchev–Trinajstić information content (AvgIpc) is 2.26. The van der Waals surface area contributed by atoms with Crippen LogP contribution in [0.25, 0.3) is 11.5 Å². The number of aromatic nitrogens is 3. The lowest BCUT2D eigenvalue weighted by Gasteiger charge is -2.06. The van der Waals surface area contributed by atoms with E-state index in [1.165, 1.54) is 0 Å². The monoisotopic (exact) mass is 298 g/mol. The average molecular weight is 300 g/mol. The molecule has 0 radical (unpaired) electrons. The maximum Gasteiger partial charge on any atom is 0.182 e. The molecule has 0 aliphatic carbocycles. The second-order valence-corrected chi connectivity index (χ2v) is 4.37. The molecule has 0 aliphatic heterocycles. The summed E-state index contributed by atoms with van der Waals surface area (Å²) in [4.78, 5) is 12.5. The van der Waals surface area contributed by atoms with Gasteiger partial charge in [0.1, 0.15) is 11.5 Å². The van der Waals surface area contributed by atoms with E-state index in [1.807, 2.05) is 6.92 Å². The van der Waals surface area contributed by atoms with E-state index in [-0.39, 0.29) is 0 Å². The Hall–Kier alpha value is -1.20. The Labute approximate surface area is 106 Å². The summed E-state index contributed by atoms with van der Waals surface area (Å²) in [6, 6.07) is 3.49. The molecule has 2 aromatic heterocycles. The molecule has 0 saturated carbocycles. The van der Waals surface area contributed by atoms with E-state index in [0.717, 1.165) is 5.69 Å². The van der Waals surface area contributed by atoms with Crippen molar-refractivity contribution in [3.8, 4) is 11.5 Å². The third-order valence-electron chi connectivity index (χ3n) is 2.01. The summed E-state index contributed by atoms with van der Waals surface area (Å²) in [7, 11) is 0. The van der Waals surface area contributed by atoms with Crippen LogP contribution in [0, 0.1) is 6.92 Å². The van der Waals surface area contributed by atoms with E-state index in [2.05, 4.69) is 30.9 Å². The quantitative estimate of drug-likeness (QED) is 0.879. The van der Waals surface area contributed by atoms with Gasteiger partial charge in [0.15, 0.2) is 5.82 Å². The molecule has 2 heterocycles. The summed E-state index contributed by atoms with van der Waals surface area (Å²) in [5, 5.41) is 0.503. The van der Waals surface area contributed by atoms with Crippen molar-refractivity contribution in [2.45, 2.75) is 6.92 Å². The zero-order chi connectivity index (χ0) is 11.7. The maximum absolute atomic E-state index is 6.01. The number of pyridine rings is 1. The number of halogens is 2. The highest BCUT2D eigenvalue weighted by Crippen LogP contribution is 2.26. The molecule has 2 aromatic rings. The molecule has 0 aliphatic rings. The molecule has 0 bridgehead atoms. The normalized spacial score (nSPS) is 10.4. The lowest BCUT2D eigenvalue weighted by molar-refractivity contribution is 1.08. The van der Waals surface area contributed by atoms with Crippen LogP contribution in [0.15, 0.2) is 22.8 Å². The molecule has 6 heteroatoms. The number of nitrogens with zero attached hydrogens (tertiary/aromatic N) is 3. The van der Waals surface area contributed by atoms with Gasteiger partial charge >= 0.3 is 0 Å². The van der Waals surface area contributed by atoms with Crippen LogP contribution in [0.4, 0.5) is 5.82 Å². The number of hydrogen-bond donors (Lipinski definition) is 1. The minimum atomic E-state index is 0.379. The van der Waals surface area contributed by atoms with Gasteiger partial charge in [-0.05, 0) is 35.0 Å². The fourth-order valence-electron chi connectivity index (χ4n) is 1.24. The third kappa shape index (κ3) is 2.01. The molecule has 2 rings (SSSR count). The van der Waals surface area contributed by atoms with Gasteiger partial charge in [-0.15, -0.1) is 0 Å². The zero-order valence-electron chi connectivity index (χ0n) is 8.41. The summed E-state index contributed by atoms with van der Waals surface area (Å²) in [6.45, 7) is 1.84. The highest BCUT2D eigenvalue weighted by atomic mass is 79.9. The van der Waals surface area contributed by atoms with Crippen LogP contribution >= 0.6 is 27.5 Å². The molecule has 0 unspecified atom stereocenters. The summed E-state index contributed by atoms with van der Waals surface area (Å²) >= 11 is 9.31. The second-order valence-electron chi connectivity index (χ2n) is 3.17. The molecule has 0 fully saturated rings. The summed E-state index contributed by atoms with van der Waals surface area (Å²) in [5.41, 5.74) is 7.03. The van der Waals surface area contributed by atoms with Crippen LogP contribution in [-0.4, -0.2) is 15.0 Å². The van der Waals surface area contributed by atoms with E-state index in [1.54, 1.807) is 18.3 Å². The van der Waals surface area contributed by atoms with Crippen molar-refractivity contribution in [1.82, 2.24) is 15.0 Å². The molecule has 16 heavy (non-hydrogen) atoms. The smallest absolute Gasteiger partial charge is 0.182 e. The van der Waals surface area contributed by atoms with Crippen LogP contribution < -0.4 is 5.73 Å². The molecule has 0 spiro atoms. The van der Waals surface area contributed by atoms with Crippen molar-refractivity contribution in [2.75, 3.05) is 5.73 Å². The van der Waals surface area contributed by atoms with E-state index >= 15 is 0 Å². The maximum atomic E-state index is 6.01. The van der Waals surface area contributed by atoms with Gasteiger partial charge in [-0.25, -0.2) is 9.97 Å². The largest absolute Gasteiger partial charge is 0.383 e. The van der Waals surface area contributed by atoms with E-state index in [4.69, 9.17) is 17.3 Å². The predicted octanol–water partition coefficient (Wildman–Crippen LogP) is 2.85. The first kappa shape index (κ1) is 11.3. The highest BCUT2D eigenvalue weighted by Gasteiger charge is 2.11. The summed E-state index contributed by atoms with van der Waals surface area (Å²) in [6.07, 6.45) is 1.64. The molecule has 0 atom stereocenters. The van der Waals surface area contributed by atoms with Crippen molar-refractivity contribution < 1.29 is 0 Å². The molecule has 0 aromatic carbocycles. The Balaban J connectivity index is 2.62. The Morgan fingerprint density at radius 1 is 1.38 bits per heavy atom. The van der Waals surface area contributed by atoms with Gasteiger partial charge in [0.2, 0.25) is 0 Å². The van der Waals surface area contributed by atoms with Gasteiger partial charge in [0.05, 0.1) is 15.2 Å². The fourth-order valence-corrected chi connectivity index (χ4v) is 1.62. The second kappa shape index (κ2) is 4.35. The van der Waals surface area contributed by atoms with Crippen molar-refractivity contribution in [3.05, 3.63) is 33.5 Å². The SMILES string of the molecule is Cc1nc(-c2ncccc2Cl)nc(N)c1Br. The van der Waals surface area contributed by atoms with Crippen molar-refractivity contribution >= 4 is 33.3 Å². The molecule has 0 amide bonds. The number of rotatable bonds is 1. The van der Waals surface area contributed by atoms with E-state index in [9.17, 15) is 0 Å². The Bertz CT molecular complexity index is 521. The van der Waals surface area contributed by atoms with Crippen LogP contribution in [0.2, 0.25) is 5.02 Å². The Morgan fingerprint density at radius 2 is 2.12 bits per heavy atom. The van der Waals surface area contributed by atoms with Gasteiger partial charge in [0, 0.05) is 6.20 Å². The number of nitrogen functional groups attached to an aromatic ring is 1. The topological polar surface area (TPSA) is 64.7 Å². The molecule has 82 valence electrons. The third-order valence-corrected chi connectivity index (χ3v) is 3.30. The summed E-state index contributed by atoms with van der Waals surface area (Å²) in [5.74, 6) is 0.813. The molecular weight excluding hydrogens is 291 g/mol. The van der Waals surface area contributed by atoms with Crippen LogP contribution in [0.5, 0.6) is 0 Å². The van der Waals surface area contributed by atoms with Gasteiger partial charge in [-0.1, -0.05) is 11.6 Å². The predicted molar refractivity (Wildman–Crippen MR) is 67.1 cm³/mol. The van der Waals surface area contributed by atoms with Crippen molar-refractivity contribution in [2.24, 2.45) is 0 Å². The van der Waals surface area contributed by atoms with Crippen molar-refractivity contribution in [1.29, 1.82) is 0 Å². The Kier molecular flexibility index (Phi) is 3.07. The number of nitrogens with two attached hydrogens (primary N) is 1. The Morgan fingerprint density at radius 3 is 2.75 bits per heavy atom. The number of hydrogen-bond acceptors (Lipinski definition) is 4. The van der Waals surface area contributed by atoms with E-state index in [0.29, 0.717) is 26.8 Å². The van der Waals surface area contributed by atoms with Gasteiger partial charge < -0.3 is 5.73 Å². The minimum absolute atomic E-state index is 0.379. The fraction of sp³-hybridized carbons (Fsp3) is 0.100. The number of anilines is 1. The van der Waals surface area contributed by atoms with Crippen LogP contribution in [0.1, 0.15) is 5.69 Å². The lowest BCUT2D eigenvalue weighted by Crippen LogP contribution is -2.01. The highest BCUT2D eigenvalue weighted by molar-refractivity contribution is 9.10. The van der Waals surface area contributed by atoms with Gasteiger partial charge in [-0.3, -0.25) is 4.98 Å². The van der Waals surface area contributed by atoms with Crippen LogP contribution in [-0.2, 0) is 0 Å². The molecule has 2 N–H and O–H groups in total. The number of aryl methyl sites for hydroxylation is 1. The zero-order valence-corrected chi connectivity index (χ0v) is 10.7. The van der Waals surface area contributed by atoms with E-state index < -0.39 is 0 Å². The van der Waals surface area contributed by atoms with Gasteiger partial charge in [-0.2, -0.15) is 0 Å². The van der Waals surface area contributed by atoms with Gasteiger partial charge in [0.25, 0.3) is 0 Å². The lowest BCUT2D eigenvalue weighted by atomic mass is 10.3. The first-order chi connectivity index (χ1) is 7.59.